The summed E-state index contributed by atoms with van der Waals surface area (Å²) in [4.78, 5) is 41.8. The molecular formula is C18H14ClN3O5. The van der Waals surface area contributed by atoms with Gasteiger partial charge in [-0.15, -0.1) is 0 Å². The van der Waals surface area contributed by atoms with Gasteiger partial charge in [-0.2, -0.15) is 0 Å². The van der Waals surface area contributed by atoms with Crippen molar-refractivity contribution in [1.29, 1.82) is 0 Å². The largest absolute Gasteiger partial charge is 0.493 e. The lowest BCUT2D eigenvalue weighted by molar-refractivity contribution is -0.122. The van der Waals surface area contributed by atoms with Crippen LogP contribution in [0, 0.1) is 0 Å². The minimum absolute atomic E-state index is 0.233. The Morgan fingerprint density at radius 1 is 1.15 bits per heavy atom. The molecule has 0 radical (unpaired) electrons. The molecule has 8 nitrogen and oxygen atoms in total. The molecule has 0 spiro atoms. The Hall–Kier alpha value is -3.39. The maximum Gasteiger partial charge on any atom is 0.336 e. The highest BCUT2D eigenvalue weighted by Crippen LogP contribution is 2.34. The summed E-state index contributed by atoms with van der Waals surface area (Å²) >= 11 is 6.22. The SMILES string of the molecule is COc1cc(Cl)c(/C=C2\C(=O)NC(=O)N(c3cccnc3)C2=O)cc1OC. The number of nitrogens with zero attached hydrogens (tertiary/aromatic N) is 2. The summed E-state index contributed by atoms with van der Waals surface area (Å²) in [6.45, 7) is 0. The van der Waals surface area contributed by atoms with Crippen molar-refractivity contribution in [3.8, 4) is 11.5 Å². The van der Waals surface area contributed by atoms with Crippen molar-refractivity contribution in [1.82, 2.24) is 10.3 Å². The van der Waals surface area contributed by atoms with Crippen molar-refractivity contribution in [3.05, 3.63) is 52.8 Å². The van der Waals surface area contributed by atoms with Crippen molar-refractivity contribution < 1.29 is 23.9 Å². The lowest BCUT2D eigenvalue weighted by Crippen LogP contribution is -2.54. The fourth-order valence-corrected chi connectivity index (χ4v) is 2.72. The highest BCUT2D eigenvalue weighted by atomic mass is 35.5. The van der Waals surface area contributed by atoms with Gasteiger partial charge in [-0.1, -0.05) is 11.6 Å². The number of hydrogen-bond donors (Lipinski definition) is 1. The molecule has 0 unspecified atom stereocenters. The molecule has 27 heavy (non-hydrogen) atoms. The Kier molecular flexibility index (Phi) is 5.09. The Morgan fingerprint density at radius 2 is 1.85 bits per heavy atom. The van der Waals surface area contributed by atoms with E-state index in [9.17, 15) is 14.4 Å². The number of methoxy groups -OCH3 is 2. The molecule has 1 aromatic carbocycles. The van der Waals surface area contributed by atoms with Crippen molar-refractivity contribution in [2.24, 2.45) is 0 Å². The number of benzene rings is 1. The number of imide groups is 2. The summed E-state index contributed by atoms with van der Waals surface area (Å²) in [5.41, 5.74) is 0.331. The van der Waals surface area contributed by atoms with Gasteiger partial charge in [0.2, 0.25) is 0 Å². The first-order valence-corrected chi connectivity index (χ1v) is 8.07. The minimum atomic E-state index is -0.853. The number of amides is 4. The van der Waals surface area contributed by atoms with Crippen LogP contribution >= 0.6 is 11.6 Å². The van der Waals surface area contributed by atoms with E-state index in [1.807, 2.05) is 0 Å². The molecule has 2 aromatic rings. The van der Waals surface area contributed by atoms with Crippen molar-refractivity contribution in [2.75, 3.05) is 19.1 Å². The van der Waals surface area contributed by atoms with Crippen LogP contribution in [0.5, 0.6) is 11.5 Å². The van der Waals surface area contributed by atoms with Gasteiger partial charge < -0.3 is 9.47 Å². The predicted octanol–water partition coefficient (Wildman–Crippen LogP) is 2.42. The van der Waals surface area contributed by atoms with Crippen LogP contribution in [0.15, 0.2) is 42.2 Å². The molecule has 0 bridgehead atoms. The Bertz CT molecular complexity index is 959. The van der Waals surface area contributed by atoms with Crippen LogP contribution in [0.2, 0.25) is 5.02 Å². The van der Waals surface area contributed by atoms with E-state index in [0.29, 0.717) is 17.1 Å². The Balaban J connectivity index is 2.06. The van der Waals surface area contributed by atoms with Gasteiger partial charge >= 0.3 is 6.03 Å². The Labute approximate surface area is 159 Å². The van der Waals surface area contributed by atoms with E-state index in [4.69, 9.17) is 21.1 Å². The number of barbiturate groups is 1. The quantitative estimate of drug-likeness (QED) is 0.639. The zero-order valence-electron chi connectivity index (χ0n) is 14.4. The highest BCUT2D eigenvalue weighted by Gasteiger charge is 2.37. The number of urea groups is 1. The van der Waals surface area contributed by atoms with Gasteiger partial charge in [-0.25, -0.2) is 9.69 Å². The standard InChI is InChI=1S/C18H14ClN3O5/c1-26-14-7-10(13(19)8-15(14)27-2)6-12-16(23)21-18(25)22(17(12)24)11-4-3-5-20-9-11/h3-9H,1-2H3,(H,21,23,25)/b12-6+. The van der Waals surface area contributed by atoms with Gasteiger partial charge in [0.05, 0.1) is 31.1 Å². The third-order valence-corrected chi connectivity index (χ3v) is 4.14. The van der Waals surface area contributed by atoms with E-state index >= 15 is 0 Å². The second kappa shape index (κ2) is 7.46. The molecule has 9 heteroatoms. The van der Waals surface area contributed by atoms with E-state index in [1.165, 1.54) is 50.9 Å². The topological polar surface area (TPSA) is 97.8 Å². The van der Waals surface area contributed by atoms with Crippen LogP contribution < -0.4 is 19.7 Å². The van der Waals surface area contributed by atoms with Gasteiger partial charge in [-0.05, 0) is 29.8 Å². The first-order valence-electron chi connectivity index (χ1n) is 7.69. The van der Waals surface area contributed by atoms with Crippen molar-refractivity contribution in [2.45, 2.75) is 0 Å². The van der Waals surface area contributed by atoms with Crippen LogP contribution in [-0.2, 0) is 9.59 Å². The van der Waals surface area contributed by atoms with Gasteiger partial charge in [0.15, 0.2) is 11.5 Å². The highest BCUT2D eigenvalue weighted by molar-refractivity contribution is 6.39. The minimum Gasteiger partial charge on any atom is -0.493 e. The number of pyridine rings is 1. The molecule has 1 aliphatic rings. The lowest BCUT2D eigenvalue weighted by Gasteiger charge is -2.26. The number of carbonyl (C=O) groups is 3. The van der Waals surface area contributed by atoms with E-state index in [0.717, 1.165) is 4.90 Å². The van der Waals surface area contributed by atoms with Crippen molar-refractivity contribution >= 4 is 41.2 Å². The summed E-state index contributed by atoms with van der Waals surface area (Å²) in [6, 6.07) is 5.28. The van der Waals surface area contributed by atoms with Crippen LogP contribution in [0.25, 0.3) is 6.08 Å². The summed E-state index contributed by atoms with van der Waals surface area (Å²) in [5, 5.41) is 2.37. The van der Waals surface area contributed by atoms with Crippen LogP contribution in [-0.4, -0.2) is 37.0 Å². The molecule has 1 saturated heterocycles. The summed E-state index contributed by atoms with van der Waals surface area (Å²) in [7, 11) is 2.91. The second-order valence-corrected chi connectivity index (χ2v) is 5.80. The molecule has 0 atom stereocenters. The fraction of sp³-hybridized carbons (Fsp3) is 0.111. The second-order valence-electron chi connectivity index (χ2n) is 5.40. The number of aromatic nitrogens is 1. The number of nitrogens with one attached hydrogen (secondary N) is 1. The number of anilines is 1. The molecule has 0 saturated carbocycles. The molecule has 138 valence electrons. The maximum absolute atomic E-state index is 12.8. The van der Waals surface area contributed by atoms with Gasteiger partial charge in [-0.3, -0.25) is 19.9 Å². The molecule has 4 amide bonds. The van der Waals surface area contributed by atoms with E-state index < -0.39 is 17.8 Å². The van der Waals surface area contributed by atoms with Crippen LogP contribution in [0.1, 0.15) is 5.56 Å². The lowest BCUT2D eigenvalue weighted by atomic mass is 10.1. The van der Waals surface area contributed by atoms with Gasteiger partial charge in [0.1, 0.15) is 5.57 Å². The molecule has 3 rings (SSSR count). The molecule has 1 aromatic heterocycles. The van der Waals surface area contributed by atoms with E-state index in [2.05, 4.69) is 10.3 Å². The number of halogens is 1. The third kappa shape index (κ3) is 3.47. The summed E-state index contributed by atoms with van der Waals surface area (Å²) < 4.78 is 10.4. The predicted molar refractivity (Wildman–Crippen MR) is 97.8 cm³/mol. The molecule has 1 aliphatic heterocycles. The number of ether oxygens (including phenoxy) is 2. The maximum atomic E-state index is 12.8. The van der Waals surface area contributed by atoms with Crippen LogP contribution in [0.4, 0.5) is 10.5 Å². The zero-order chi connectivity index (χ0) is 19.6. The summed E-state index contributed by atoms with van der Waals surface area (Å²) in [6.07, 6.45) is 4.13. The molecule has 1 fully saturated rings. The fourth-order valence-electron chi connectivity index (χ4n) is 2.51. The van der Waals surface area contributed by atoms with E-state index in [-0.39, 0.29) is 16.3 Å². The average Bonchev–Trinajstić information content (AvgIpc) is 2.66. The van der Waals surface area contributed by atoms with Gasteiger partial charge in [0, 0.05) is 12.3 Å². The normalized spacial score (nSPS) is 15.7. The number of rotatable bonds is 4. The first-order chi connectivity index (χ1) is 13.0. The smallest absolute Gasteiger partial charge is 0.336 e. The average molecular weight is 388 g/mol. The monoisotopic (exact) mass is 387 g/mol. The third-order valence-electron chi connectivity index (χ3n) is 3.81. The Morgan fingerprint density at radius 3 is 2.48 bits per heavy atom. The molecule has 2 heterocycles. The molecule has 0 aliphatic carbocycles. The zero-order valence-corrected chi connectivity index (χ0v) is 15.1. The number of carbonyl (C=O) groups excluding carboxylic acids is 3. The van der Waals surface area contributed by atoms with Crippen molar-refractivity contribution in [3.63, 3.8) is 0 Å². The van der Waals surface area contributed by atoms with Crippen LogP contribution in [0.3, 0.4) is 0 Å². The summed E-state index contributed by atoms with van der Waals surface area (Å²) in [5.74, 6) is -0.840. The number of hydrogen-bond acceptors (Lipinski definition) is 6. The first kappa shape index (κ1) is 18.4. The molecular weight excluding hydrogens is 374 g/mol. The molecule has 1 N–H and O–H groups in total. The van der Waals surface area contributed by atoms with E-state index in [1.54, 1.807) is 6.07 Å². The van der Waals surface area contributed by atoms with Gasteiger partial charge in [0.25, 0.3) is 11.8 Å².